The molecule has 0 heterocycles. The van der Waals surface area contributed by atoms with Crippen LogP contribution in [0.4, 0.5) is 0 Å². The van der Waals surface area contributed by atoms with Crippen molar-refractivity contribution in [3.8, 4) is 0 Å². The second-order valence-corrected chi connectivity index (χ2v) is 9.99. The van der Waals surface area contributed by atoms with E-state index in [1.165, 1.54) is 12.5 Å². The molecule has 0 aromatic carbocycles. The van der Waals surface area contributed by atoms with Gasteiger partial charge in [-0.25, -0.2) is 5.43 Å². The maximum atomic E-state index is 12.8. The minimum absolute atomic E-state index is 0.0195. The lowest BCUT2D eigenvalue weighted by Gasteiger charge is -2.57. The van der Waals surface area contributed by atoms with Gasteiger partial charge in [0.05, 0.1) is 5.71 Å². The molecule has 30 heavy (non-hydrogen) atoms. The summed E-state index contributed by atoms with van der Waals surface area (Å²) in [6.45, 7) is 7.51. The topological polar surface area (TPSA) is 84.8 Å². The van der Waals surface area contributed by atoms with Gasteiger partial charge in [0.25, 0.3) is 0 Å². The molecule has 4 aliphatic rings. The molecule has 4 rings (SSSR count). The van der Waals surface area contributed by atoms with E-state index in [4.69, 9.17) is 4.74 Å². The number of allylic oxidation sites excluding steroid dienone is 4. The van der Waals surface area contributed by atoms with Crippen molar-refractivity contribution in [3.05, 3.63) is 23.8 Å². The number of Topliss-reactive ketones (excluding diaryl/α,β-unsaturated/α-hetero) is 1. The van der Waals surface area contributed by atoms with E-state index in [9.17, 15) is 14.4 Å². The first kappa shape index (κ1) is 21.0. The number of hydrazone groups is 1. The molecule has 0 radical (unpaired) electrons. The van der Waals surface area contributed by atoms with Gasteiger partial charge in [0.1, 0.15) is 0 Å². The van der Waals surface area contributed by atoms with Crippen LogP contribution < -0.4 is 5.43 Å². The van der Waals surface area contributed by atoms with Crippen LogP contribution >= 0.6 is 0 Å². The van der Waals surface area contributed by atoms with Crippen LogP contribution in [0, 0.1) is 28.6 Å². The Labute approximate surface area is 178 Å². The number of ketones is 1. The zero-order valence-electron chi connectivity index (χ0n) is 18.4. The third-order valence-electron chi connectivity index (χ3n) is 8.80. The Morgan fingerprint density at radius 3 is 2.57 bits per heavy atom. The van der Waals surface area contributed by atoms with Gasteiger partial charge < -0.3 is 4.74 Å². The highest BCUT2D eigenvalue weighted by Crippen LogP contribution is 2.67. The predicted octanol–water partition coefficient (Wildman–Crippen LogP) is 3.72. The smallest absolute Gasteiger partial charge is 0.303 e. The van der Waals surface area contributed by atoms with Crippen LogP contribution in [-0.2, 0) is 19.1 Å². The van der Waals surface area contributed by atoms with E-state index >= 15 is 0 Å². The fourth-order valence-electron chi connectivity index (χ4n) is 7.27. The van der Waals surface area contributed by atoms with Crippen LogP contribution in [0.1, 0.15) is 66.2 Å². The summed E-state index contributed by atoms with van der Waals surface area (Å²) in [5.74, 6) is 0.796. The highest BCUT2D eigenvalue weighted by atomic mass is 16.6. The first-order valence-corrected chi connectivity index (χ1v) is 11.0. The number of hydrogen-bond acceptors (Lipinski definition) is 5. The van der Waals surface area contributed by atoms with Crippen LogP contribution in [0.5, 0.6) is 0 Å². The number of amides is 1. The lowest BCUT2D eigenvalue weighted by molar-refractivity contribution is -0.185. The predicted molar refractivity (Wildman–Crippen MR) is 113 cm³/mol. The van der Waals surface area contributed by atoms with Gasteiger partial charge in [0.15, 0.2) is 11.4 Å². The fourth-order valence-corrected chi connectivity index (χ4v) is 7.27. The van der Waals surface area contributed by atoms with Gasteiger partial charge in [0, 0.05) is 12.3 Å². The molecule has 0 aromatic heterocycles. The molecule has 2 saturated carbocycles. The normalized spacial score (nSPS) is 43.1. The van der Waals surface area contributed by atoms with Gasteiger partial charge in [0.2, 0.25) is 6.41 Å². The Bertz CT molecular complexity index is 874. The van der Waals surface area contributed by atoms with Crippen LogP contribution in [0.15, 0.2) is 28.9 Å². The number of rotatable bonds is 4. The largest absolute Gasteiger partial charge is 0.451 e. The molecule has 6 atom stereocenters. The first-order valence-electron chi connectivity index (χ1n) is 11.0. The Hall–Kier alpha value is -2.24. The summed E-state index contributed by atoms with van der Waals surface area (Å²) in [4.78, 5) is 35.3. The Morgan fingerprint density at radius 1 is 1.17 bits per heavy atom. The molecule has 1 amide bonds. The molecular weight excluding hydrogens is 380 g/mol. The van der Waals surface area contributed by atoms with Crippen LogP contribution in [-0.4, -0.2) is 29.5 Å². The van der Waals surface area contributed by atoms with Gasteiger partial charge in [-0.2, -0.15) is 5.10 Å². The number of carbonyl (C=O) groups is 3. The van der Waals surface area contributed by atoms with Crippen molar-refractivity contribution >= 4 is 23.9 Å². The van der Waals surface area contributed by atoms with Crippen LogP contribution in [0.25, 0.3) is 0 Å². The van der Waals surface area contributed by atoms with Crippen LogP contribution in [0.3, 0.4) is 0 Å². The van der Waals surface area contributed by atoms with Crippen molar-refractivity contribution < 1.29 is 19.1 Å². The zero-order chi connectivity index (χ0) is 21.7. The van der Waals surface area contributed by atoms with Crippen molar-refractivity contribution in [1.82, 2.24) is 5.43 Å². The summed E-state index contributed by atoms with van der Waals surface area (Å²) >= 11 is 0. The van der Waals surface area contributed by atoms with Gasteiger partial charge in [-0.15, -0.1) is 0 Å². The second kappa shape index (κ2) is 7.17. The summed E-state index contributed by atoms with van der Waals surface area (Å²) in [5.41, 5.74) is 3.34. The number of esters is 1. The quantitative estimate of drug-likeness (QED) is 0.433. The zero-order valence-corrected chi connectivity index (χ0v) is 18.4. The first-order chi connectivity index (χ1) is 14.2. The van der Waals surface area contributed by atoms with Crippen molar-refractivity contribution in [3.63, 3.8) is 0 Å². The van der Waals surface area contributed by atoms with Crippen molar-refractivity contribution in [1.29, 1.82) is 0 Å². The molecule has 0 bridgehead atoms. The van der Waals surface area contributed by atoms with Crippen molar-refractivity contribution in [2.75, 3.05) is 0 Å². The summed E-state index contributed by atoms with van der Waals surface area (Å²) in [6, 6.07) is 0. The fraction of sp³-hybridized carbons (Fsp3) is 0.667. The average molecular weight is 413 g/mol. The molecule has 162 valence electrons. The minimum atomic E-state index is -0.994. The molecule has 0 aromatic rings. The molecule has 0 unspecified atom stereocenters. The van der Waals surface area contributed by atoms with E-state index in [0.717, 1.165) is 37.8 Å². The summed E-state index contributed by atoms with van der Waals surface area (Å²) in [7, 11) is 0. The minimum Gasteiger partial charge on any atom is -0.451 e. The van der Waals surface area contributed by atoms with Crippen LogP contribution in [0.2, 0.25) is 0 Å². The lowest BCUT2D eigenvalue weighted by atomic mass is 9.48. The Morgan fingerprint density at radius 2 is 1.90 bits per heavy atom. The Balaban J connectivity index is 1.70. The molecule has 6 heteroatoms. The summed E-state index contributed by atoms with van der Waals surface area (Å²) in [6.07, 6.45) is 12.5. The monoisotopic (exact) mass is 412 g/mol. The third kappa shape index (κ3) is 2.83. The van der Waals surface area contributed by atoms with E-state index in [1.54, 1.807) is 6.92 Å². The number of hydrogen-bond donors (Lipinski definition) is 1. The number of nitrogens with zero attached hydrogens (tertiary/aromatic N) is 1. The van der Waals surface area contributed by atoms with Crippen molar-refractivity contribution in [2.45, 2.75) is 71.8 Å². The average Bonchev–Trinajstić information content (AvgIpc) is 2.99. The van der Waals surface area contributed by atoms with E-state index in [-0.39, 0.29) is 22.6 Å². The van der Waals surface area contributed by atoms with Crippen molar-refractivity contribution in [2.24, 2.45) is 33.7 Å². The molecule has 0 spiro atoms. The molecule has 4 aliphatic carbocycles. The molecule has 0 aliphatic heterocycles. The van der Waals surface area contributed by atoms with Gasteiger partial charge in [-0.1, -0.05) is 26.0 Å². The summed E-state index contributed by atoms with van der Waals surface area (Å²) < 4.78 is 5.82. The number of nitrogens with one attached hydrogen (secondary N) is 1. The highest BCUT2D eigenvalue weighted by Gasteiger charge is 2.67. The maximum absolute atomic E-state index is 12.8. The molecule has 2 fully saturated rings. The summed E-state index contributed by atoms with van der Waals surface area (Å²) in [5, 5.41) is 4.16. The number of carbonyl (C=O) groups excluding carboxylic acids is 3. The standard InChI is InChI=1S/C24H32N2O4/c1-15(28)24(30-16(2)29)12-9-21-19-6-5-17-13-18(26-25-14-27)7-10-22(17,3)20(19)8-11-23(21,24)4/h5-6,13-14,19-21H,7-12H2,1-4H3,(H,25,27)/t19-,20+,21+,22+,23+,24+/m1/s1. The molecule has 1 N–H and O–H groups in total. The van der Waals surface area contributed by atoms with Gasteiger partial charge in [-0.05, 0) is 80.3 Å². The lowest BCUT2D eigenvalue weighted by Crippen LogP contribution is -2.58. The van der Waals surface area contributed by atoms with Gasteiger partial charge >= 0.3 is 5.97 Å². The Kier molecular flexibility index (Phi) is 5.02. The maximum Gasteiger partial charge on any atom is 0.303 e. The van der Waals surface area contributed by atoms with E-state index in [1.807, 2.05) is 0 Å². The second-order valence-electron chi connectivity index (χ2n) is 9.99. The van der Waals surface area contributed by atoms with E-state index in [2.05, 4.69) is 42.6 Å². The van der Waals surface area contributed by atoms with E-state index < -0.39 is 5.60 Å². The highest BCUT2D eigenvalue weighted by molar-refractivity contribution is 5.97. The number of ether oxygens (including phenoxy) is 1. The molecule has 0 saturated heterocycles. The third-order valence-corrected chi connectivity index (χ3v) is 8.80. The SMILES string of the molecule is CC(=O)O[C@]1(C(C)=O)CC[C@H]2[C@@H]3C=CC4=CC(=NNC=O)CC[C@]4(C)[C@H]3CC[C@@]21C. The van der Waals surface area contributed by atoms with E-state index in [0.29, 0.717) is 30.6 Å². The molecule has 6 nitrogen and oxygen atoms in total. The molecular formula is C24H32N2O4. The van der Waals surface area contributed by atoms with Gasteiger partial charge in [-0.3, -0.25) is 14.4 Å². The number of fused-ring (bicyclic) bond motifs is 5.